The van der Waals surface area contributed by atoms with Gasteiger partial charge in [0.1, 0.15) is 32.5 Å². The third-order valence-electron chi connectivity index (χ3n) is 6.03. The van der Waals surface area contributed by atoms with Gasteiger partial charge in [-0.25, -0.2) is 0 Å². The lowest BCUT2D eigenvalue weighted by atomic mass is 9.91. The standard InChI is InChI=1S/C26H39N3O18/c1-16(30)45-13-26(14-46-17(2)31,15-47-18(3)32)25(43)44-12-19(24(41)42)29(6-4-27(8-20(33)34)9-21(35)36)7-5-28(10-22(37)38)11-23(39)40/h19H,4-15H2,1-3H3,(H,33,34)(H,35,36)(H,37,38)(H,39,40)(H,41,42). The van der Waals surface area contributed by atoms with E-state index in [1.54, 1.807) is 0 Å². The van der Waals surface area contributed by atoms with Crippen LogP contribution < -0.4 is 0 Å². The van der Waals surface area contributed by atoms with Gasteiger partial charge in [0.05, 0.1) is 26.2 Å². The molecule has 0 saturated heterocycles. The van der Waals surface area contributed by atoms with Crippen molar-refractivity contribution in [2.24, 2.45) is 5.41 Å². The van der Waals surface area contributed by atoms with Crippen molar-refractivity contribution in [3.8, 4) is 0 Å². The van der Waals surface area contributed by atoms with E-state index in [4.69, 9.17) is 39.4 Å². The van der Waals surface area contributed by atoms with Crippen LogP contribution in [0.3, 0.4) is 0 Å². The van der Waals surface area contributed by atoms with Crippen molar-refractivity contribution in [2.45, 2.75) is 26.8 Å². The first-order valence-electron chi connectivity index (χ1n) is 13.6. The molecule has 47 heavy (non-hydrogen) atoms. The largest absolute Gasteiger partial charge is 0.480 e. The molecule has 0 amide bonds. The van der Waals surface area contributed by atoms with Crippen LogP contribution in [-0.4, -0.2) is 179 Å². The highest BCUT2D eigenvalue weighted by molar-refractivity contribution is 5.80. The van der Waals surface area contributed by atoms with Crippen LogP contribution in [0.5, 0.6) is 0 Å². The topological polar surface area (TPSA) is 301 Å². The molecule has 1 atom stereocenters. The summed E-state index contributed by atoms with van der Waals surface area (Å²) in [6.45, 7) is -5.12. The lowest BCUT2D eigenvalue weighted by molar-refractivity contribution is -0.180. The smallest absolute Gasteiger partial charge is 0.324 e. The van der Waals surface area contributed by atoms with Crippen molar-refractivity contribution in [1.82, 2.24) is 14.7 Å². The van der Waals surface area contributed by atoms with Crippen LogP contribution in [0.15, 0.2) is 0 Å². The van der Waals surface area contributed by atoms with Gasteiger partial charge in [-0.2, -0.15) is 0 Å². The number of carbonyl (C=O) groups excluding carboxylic acids is 4. The van der Waals surface area contributed by atoms with E-state index >= 15 is 0 Å². The molecule has 0 spiro atoms. The maximum Gasteiger partial charge on any atom is 0.324 e. The summed E-state index contributed by atoms with van der Waals surface area (Å²) < 4.78 is 19.9. The zero-order chi connectivity index (χ0) is 36.3. The van der Waals surface area contributed by atoms with Crippen LogP contribution in [0.2, 0.25) is 0 Å². The number of ether oxygens (including phenoxy) is 4. The molecule has 0 heterocycles. The Balaban J connectivity index is 6.44. The Hall–Kier alpha value is -4.89. The van der Waals surface area contributed by atoms with Gasteiger partial charge >= 0.3 is 53.7 Å². The molecule has 21 heteroatoms. The van der Waals surface area contributed by atoms with Gasteiger partial charge in [-0.15, -0.1) is 0 Å². The summed E-state index contributed by atoms with van der Waals surface area (Å²) in [5.41, 5.74) is -2.16. The number of carbonyl (C=O) groups is 9. The summed E-state index contributed by atoms with van der Waals surface area (Å²) in [6, 6.07) is -1.79. The number of hydrogen-bond acceptors (Lipinski definition) is 16. The van der Waals surface area contributed by atoms with E-state index in [1.807, 2.05) is 0 Å². The van der Waals surface area contributed by atoms with E-state index < -0.39 is 131 Å². The van der Waals surface area contributed by atoms with E-state index in [0.29, 0.717) is 0 Å². The average molecular weight is 682 g/mol. The van der Waals surface area contributed by atoms with Gasteiger partial charge in [-0.3, -0.25) is 57.9 Å². The molecule has 0 aromatic heterocycles. The van der Waals surface area contributed by atoms with Crippen LogP contribution in [0.25, 0.3) is 0 Å². The van der Waals surface area contributed by atoms with Crippen LogP contribution in [0.1, 0.15) is 20.8 Å². The number of hydrogen-bond donors (Lipinski definition) is 5. The lowest BCUT2D eigenvalue weighted by Gasteiger charge is -2.33. The summed E-state index contributed by atoms with van der Waals surface area (Å²) in [7, 11) is 0. The Morgan fingerprint density at radius 2 is 0.851 bits per heavy atom. The van der Waals surface area contributed by atoms with Crippen LogP contribution in [0.4, 0.5) is 0 Å². The minimum atomic E-state index is -2.16. The number of carboxylic acids is 5. The third-order valence-corrected chi connectivity index (χ3v) is 6.03. The zero-order valence-electron chi connectivity index (χ0n) is 25.9. The van der Waals surface area contributed by atoms with Gasteiger partial charge in [0, 0.05) is 47.0 Å². The summed E-state index contributed by atoms with van der Waals surface area (Å²) in [4.78, 5) is 108. The first-order valence-corrected chi connectivity index (χ1v) is 13.6. The van der Waals surface area contributed by atoms with Gasteiger partial charge in [0.2, 0.25) is 0 Å². The van der Waals surface area contributed by atoms with Crippen molar-refractivity contribution in [3.63, 3.8) is 0 Å². The number of esters is 4. The number of aliphatic carboxylic acids is 5. The molecule has 0 fully saturated rings. The molecule has 1 unspecified atom stereocenters. The van der Waals surface area contributed by atoms with Gasteiger partial charge < -0.3 is 44.5 Å². The van der Waals surface area contributed by atoms with E-state index in [0.717, 1.165) is 35.5 Å². The van der Waals surface area contributed by atoms with E-state index in [1.165, 1.54) is 0 Å². The van der Waals surface area contributed by atoms with Gasteiger partial charge in [0.15, 0.2) is 5.41 Å². The highest BCUT2D eigenvalue weighted by Crippen LogP contribution is 2.23. The molecule has 0 aromatic rings. The van der Waals surface area contributed by atoms with Gasteiger partial charge in [-0.1, -0.05) is 0 Å². The maximum absolute atomic E-state index is 13.4. The van der Waals surface area contributed by atoms with Gasteiger partial charge in [-0.05, 0) is 0 Å². The van der Waals surface area contributed by atoms with Crippen molar-refractivity contribution in [3.05, 3.63) is 0 Å². The molecule has 21 nitrogen and oxygen atoms in total. The number of nitrogens with zero attached hydrogens (tertiary/aromatic N) is 3. The monoisotopic (exact) mass is 681 g/mol. The summed E-state index contributed by atoms with van der Waals surface area (Å²) in [6.07, 6.45) is 0. The van der Waals surface area contributed by atoms with Crippen LogP contribution in [0, 0.1) is 5.41 Å². The highest BCUT2D eigenvalue weighted by Gasteiger charge is 2.45. The summed E-state index contributed by atoms with van der Waals surface area (Å²) in [5, 5.41) is 46.6. The fraction of sp³-hybridized carbons (Fsp3) is 0.654. The van der Waals surface area contributed by atoms with Crippen molar-refractivity contribution in [1.29, 1.82) is 0 Å². The second-order valence-electron chi connectivity index (χ2n) is 10.1. The molecule has 0 radical (unpaired) electrons. The molecular formula is C26H39N3O18. The highest BCUT2D eigenvalue weighted by atomic mass is 16.6. The Labute approximate surface area is 267 Å². The molecule has 0 aliphatic rings. The number of rotatable bonds is 25. The van der Waals surface area contributed by atoms with Crippen LogP contribution >= 0.6 is 0 Å². The fourth-order valence-corrected chi connectivity index (χ4v) is 3.82. The van der Waals surface area contributed by atoms with E-state index in [9.17, 15) is 48.3 Å². The Kier molecular flexibility index (Phi) is 18.8. The van der Waals surface area contributed by atoms with E-state index in [2.05, 4.69) is 0 Å². The van der Waals surface area contributed by atoms with Gasteiger partial charge in [0.25, 0.3) is 0 Å². The minimum absolute atomic E-state index is 0.372. The maximum atomic E-state index is 13.4. The molecule has 0 aromatic carbocycles. The molecule has 0 bridgehead atoms. The molecule has 0 rings (SSSR count). The van der Waals surface area contributed by atoms with Crippen molar-refractivity contribution < 1.29 is 87.6 Å². The summed E-state index contributed by atoms with van der Waals surface area (Å²) >= 11 is 0. The molecule has 0 aliphatic heterocycles. The summed E-state index contributed by atoms with van der Waals surface area (Å²) in [5.74, 6) is -11.2. The lowest BCUT2D eigenvalue weighted by Crippen LogP contribution is -2.53. The predicted molar refractivity (Wildman–Crippen MR) is 150 cm³/mol. The Morgan fingerprint density at radius 3 is 1.11 bits per heavy atom. The number of carboxylic acid groups (broad SMARTS) is 5. The first-order chi connectivity index (χ1) is 21.8. The molecule has 5 N–H and O–H groups in total. The third kappa shape index (κ3) is 18.6. The molecular weight excluding hydrogens is 642 g/mol. The minimum Gasteiger partial charge on any atom is -0.480 e. The Morgan fingerprint density at radius 1 is 0.532 bits per heavy atom. The molecule has 266 valence electrons. The quantitative estimate of drug-likeness (QED) is 0.0471. The fourth-order valence-electron chi connectivity index (χ4n) is 3.82. The second kappa shape index (κ2) is 21.0. The SMILES string of the molecule is CC(=O)OCC(COC(C)=O)(COC(C)=O)C(=O)OCC(C(=O)O)N(CCN(CC(=O)O)CC(=O)O)CCN(CC(=O)O)CC(=O)O. The Bertz CT molecular complexity index is 1040. The van der Waals surface area contributed by atoms with Crippen molar-refractivity contribution in [2.75, 3.05) is 78.8 Å². The van der Waals surface area contributed by atoms with E-state index in [-0.39, 0.29) is 13.1 Å². The normalized spacial score (nSPS) is 11.9. The molecule has 0 aliphatic carbocycles. The zero-order valence-corrected chi connectivity index (χ0v) is 25.9. The van der Waals surface area contributed by atoms with Crippen molar-refractivity contribution >= 4 is 53.7 Å². The second-order valence-corrected chi connectivity index (χ2v) is 10.1. The first kappa shape index (κ1) is 42.1. The predicted octanol–water partition coefficient (Wildman–Crippen LogP) is -3.10. The average Bonchev–Trinajstić information content (AvgIpc) is 2.91. The molecule has 0 saturated carbocycles. The van der Waals surface area contributed by atoms with Crippen LogP contribution in [-0.2, 0) is 62.1 Å².